The lowest BCUT2D eigenvalue weighted by atomic mass is 9.66. The van der Waals surface area contributed by atoms with E-state index in [1.54, 1.807) is 30.6 Å². The number of hydrogen-bond donors (Lipinski definition) is 3. The minimum Gasteiger partial charge on any atom is -0.455 e. The van der Waals surface area contributed by atoms with Crippen LogP contribution in [0.2, 0.25) is 0 Å². The van der Waals surface area contributed by atoms with Crippen LogP contribution in [0, 0.1) is 27.4 Å². The van der Waals surface area contributed by atoms with Crippen LogP contribution < -0.4 is 19.7 Å². The van der Waals surface area contributed by atoms with Crippen molar-refractivity contribution in [1.82, 2.24) is 24.6 Å². The van der Waals surface area contributed by atoms with Crippen molar-refractivity contribution in [3.63, 3.8) is 0 Å². The fraction of sp³-hybridized carbons (Fsp3) is 0.500. The number of H-pyrrole nitrogens is 1. The van der Waals surface area contributed by atoms with E-state index in [-0.39, 0.29) is 28.6 Å². The predicted molar refractivity (Wildman–Crippen MR) is 255 cm³/mol. The topological polar surface area (TPSA) is 185 Å². The summed E-state index contributed by atoms with van der Waals surface area (Å²) in [4.78, 5) is 41.7. The van der Waals surface area contributed by atoms with Crippen LogP contribution in [0.4, 0.5) is 17.2 Å². The second kappa shape index (κ2) is 19.3. The van der Waals surface area contributed by atoms with Gasteiger partial charge in [-0.3, -0.25) is 19.8 Å². The maximum atomic E-state index is 14.0. The molecular weight excluding hydrogens is 857 g/mol. The Labute approximate surface area is 387 Å². The molecule has 2 aliphatic carbocycles. The van der Waals surface area contributed by atoms with Crippen LogP contribution in [0.25, 0.3) is 11.0 Å². The van der Waals surface area contributed by atoms with E-state index < -0.39 is 31.4 Å². The van der Waals surface area contributed by atoms with Crippen LogP contribution in [-0.4, -0.2) is 84.5 Å². The Morgan fingerprint density at radius 1 is 0.970 bits per heavy atom. The van der Waals surface area contributed by atoms with E-state index in [1.807, 2.05) is 12.1 Å². The maximum Gasteiger partial charge on any atom is 0.312 e. The van der Waals surface area contributed by atoms with E-state index in [2.05, 4.69) is 79.8 Å². The molecule has 1 spiro atoms. The smallest absolute Gasteiger partial charge is 0.312 e. The number of fused-ring (bicyclic) bond motifs is 1. The quantitative estimate of drug-likeness (QED) is 0.0752. The van der Waals surface area contributed by atoms with Crippen molar-refractivity contribution in [2.75, 3.05) is 49.6 Å². The van der Waals surface area contributed by atoms with Gasteiger partial charge in [-0.2, -0.15) is 0 Å². The van der Waals surface area contributed by atoms with E-state index in [9.17, 15) is 23.3 Å². The number of pyridine rings is 2. The molecule has 0 radical (unpaired) electrons. The first kappa shape index (κ1) is 45.6. The highest BCUT2D eigenvalue weighted by molar-refractivity contribution is 7.90. The second-order valence-electron chi connectivity index (χ2n) is 19.4. The Hall–Kier alpha value is -5.58. The van der Waals surface area contributed by atoms with Crippen molar-refractivity contribution in [1.29, 1.82) is 0 Å². The number of rotatable bonds is 13. The van der Waals surface area contributed by atoms with Gasteiger partial charge < -0.3 is 24.7 Å². The number of sulfonamides is 1. The van der Waals surface area contributed by atoms with Gasteiger partial charge in [0.1, 0.15) is 22.0 Å². The average molecular weight is 919 g/mol. The first-order valence-corrected chi connectivity index (χ1v) is 25.2. The number of nitrogens with one attached hydrogen (secondary N) is 3. The molecule has 2 aliphatic heterocycles. The highest BCUT2D eigenvalue weighted by atomic mass is 32.2. The lowest BCUT2D eigenvalue weighted by Crippen LogP contribution is -2.50. The minimum atomic E-state index is -4.60. The van der Waals surface area contributed by atoms with E-state index in [0.29, 0.717) is 41.7 Å². The van der Waals surface area contributed by atoms with Gasteiger partial charge in [0, 0.05) is 61.6 Å². The molecule has 5 aromatic rings. The van der Waals surface area contributed by atoms with Gasteiger partial charge in [-0.15, -0.1) is 0 Å². The van der Waals surface area contributed by atoms with Gasteiger partial charge in [0.15, 0.2) is 0 Å². The van der Waals surface area contributed by atoms with Crippen molar-refractivity contribution in [3.8, 4) is 11.5 Å². The summed E-state index contributed by atoms with van der Waals surface area (Å²) in [6, 6.07) is 19.4. The van der Waals surface area contributed by atoms with Gasteiger partial charge in [0.05, 0.1) is 42.1 Å². The van der Waals surface area contributed by atoms with Crippen molar-refractivity contribution in [3.05, 3.63) is 106 Å². The molecular formula is C50H62N8O7S. The van der Waals surface area contributed by atoms with Gasteiger partial charge in [0.25, 0.3) is 15.9 Å². The summed E-state index contributed by atoms with van der Waals surface area (Å²) < 4.78 is 42.0. The molecule has 350 valence electrons. The summed E-state index contributed by atoms with van der Waals surface area (Å²) in [6.45, 7) is 11.4. The largest absolute Gasteiger partial charge is 0.455 e. The SMILES string of the molecule is CC(C)c1ccccc1[C@@H]1COCCN1C1CCC2(CC1)CCN(c1ccc(C(=O)NS(=O)(=O)c3cnc(NC[C@H]4CC[C@@H](C)CC4)c([N+](=O)[O-])c3)c(Oc3cnc4[nH]ccc4c3)c1)CC2. The monoisotopic (exact) mass is 918 g/mol. The molecule has 15 nitrogen and oxygen atoms in total. The Balaban J connectivity index is 0.892. The number of anilines is 2. The molecule has 0 unspecified atom stereocenters. The standard InChI is InChI=1S/C50H62N8O7S/c1-33(2)41-6-4-5-7-42(41)45-32-64-25-24-57(45)37-14-17-50(18-15-37)19-22-56(23-20-50)38-12-13-43(46(27-38)65-39-26-36-16-21-51-47(36)53-30-39)49(59)55-66(62,63)40-28-44(58(60)61)48(54-31-40)52-29-35-10-8-34(3)9-11-35/h4-7,12-13,16,21,26-28,30-31,33-35,37,45H,8-11,14-15,17-20,22-25,29,32H2,1-3H3,(H,51,53)(H,52,54)(H,55,59)/t34-,35+,45-/m0/s1. The van der Waals surface area contributed by atoms with Crippen molar-refractivity contribution in [2.24, 2.45) is 17.3 Å². The number of aromatic nitrogens is 3. The molecule has 3 aromatic heterocycles. The van der Waals surface area contributed by atoms with Crippen LogP contribution in [0.3, 0.4) is 0 Å². The molecule has 3 N–H and O–H groups in total. The van der Waals surface area contributed by atoms with E-state index in [1.165, 1.54) is 24.0 Å². The predicted octanol–water partition coefficient (Wildman–Crippen LogP) is 9.74. The number of nitro groups is 1. The first-order chi connectivity index (χ1) is 31.8. The number of carbonyl (C=O) groups excluding carboxylic acids is 1. The Morgan fingerprint density at radius 2 is 1.74 bits per heavy atom. The summed E-state index contributed by atoms with van der Waals surface area (Å²) >= 11 is 0. The highest BCUT2D eigenvalue weighted by Crippen LogP contribution is 2.48. The summed E-state index contributed by atoms with van der Waals surface area (Å²) in [5.74, 6) is 1.01. The van der Waals surface area contributed by atoms with Gasteiger partial charge >= 0.3 is 5.69 Å². The number of aromatic amines is 1. The zero-order valence-corrected chi connectivity index (χ0v) is 39.0. The molecule has 2 aromatic carbocycles. The van der Waals surface area contributed by atoms with E-state index >= 15 is 0 Å². The average Bonchev–Trinajstić information content (AvgIpc) is 3.80. The van der Waals surface area contributed by atoms with Crippen LogP contribution in [0.15, 0.2) is 84.1 Å². The van der Waals surface area contributed by atoms with Crippen LogP contribution in [0.1, 0.15) is 118 Å². The summed E-state index contributed by atoms with van der Waals surface area (Å²) in [7, 11) is -4.60. The van der Waals surface area contributed by atoms with Crippen LogP contribution >= 0.6 is 0 Å². The van der Waals surface area contributed by atoms with Crippen molar-refractivity contribution in [2.45, 2.75) is 108 Å². The fourth-order valence-corrected chi connectivity index (χ4v) is 11.8. The Morgan fingerprint density at radius 3 is 2.50 bits per heavy atom. The highest BCUT2D eigenvalue weighted by Gasteiger charge is 2.42. The zero-order chi connectivity index (χ0) is 46.0. The van der Waals surface area contributed by atoms with E-state index in [4.69, 9.17) is 9.47 Å². The number of carbonyl (C=O) groups is 1. The number of hydrogen-bond acceptors (Lipinski definition) is 12. The molecule has 4 fully saturated rings. The van der Waals surface area contributed by atoms with Gasteiger partial charge in [-0.25, -0.2) is 23.1 Å². The molecule has 9 rings (SSSR count). The number of morpholine rings is 1. The number of ether oxygens (including phenoxy) is 2. The zero-order valence-electron chi connectivity index (χ0n) is 38.2. The molecule has 2 saturated carbocycles. The third-order valence-electron chi connectivity index (χ3n) is 14.9. The second-order valence-corrected chi connectivity index (χ2v) is 21.1. The molecule has 1 atom stereocenters. The summed E-state index contributed by atoms with van der Waals surface area (Å²) in [5, 5.41) is 16.0. The number of benzene rings is 2. The molecule has 1 amide bonds. The van der Waals surface area contributed by atoms with Gasteiger partial charge in [0.2, 0.25) is 5.82 Å². The molecule has 66 heavy (non-hydrogen) atoms. The number of amides is 1. The normalized spacial score (nSPS) is 21.8. The van der Waals surface area contributed by atoms with Gasteiger partial charge in [-0.1, -0.05) is 57.9 Å². The molecule has 5 heterocycles. The summed E-state index contributed by atoms with van der Waals surface area (Å²) in [5.41, 5.74) is 4.09. The molecule has 0 bridgehead atoms. The fourth-order valence-electron chi connectivity index (χ4n) is 10.9. The molecule has 16 heteroatoms. The Bertz CT molecular complexity index is 2650. The maximum absolute atomic E-state index is 14.0. The number of nitrogens with zero attached hydrogens (tertiary/aromatic N) is 5. The van der Waals surface area contributed by atoms with E-state index in [0.717, 1.165) is 108 Å². The van der Waals surface area contributed by atoms with Crippen molar-refractivity contribution >= 4 is 44.2 Å². The van der Waals surface area contributed by atoms with Crippen molar-refractivity contribution < 1.29 is 27.6 Å². The summed E-state index contributed by atoms with van der Waals surface area (Å²) in [6.07, 6.45) is 15.3. The third-order valence-corrected chi connectivity index (χ3v) is 16.2. The first-order valence-electron chi connectivity index (χ1n) is 23.7. The van der Waals surface area contributed by atoms with Crippen LogP contribution in [-0.2, 0) is 14.8 Å². The minimum absolute atomic E-state index is 0.00960. The molecule has 2 saturated heterocycles. The van der Waals surface area contributed by atoms with Gasteiger partial charge in [-0.05, 0) is 110 Å². The lowest BCUT2D eigenvalue weighted by Gasteiger charge is -2.50. The third kappa shape index (κ3) is 9.91. The molecule has 4 aliphatic rings. The number of piperidine rings is 1. The Kier molecular flexibility index (Phi) is 13.3. The van der Waals surface area contributed by atoms with Crippen LogP contribution in [0.5, 0.6) is 11.5 Å². The lowest BCUT2D eigenvalue weighted by molar-refractivity contribution is -0.384.